The molecule has 2 aromatic rings. The summed E-state index contributed by atoms with van der Waals surface area (Å²) in [5.74, 6) is 0.770. The van der Waals surface area contributed by atoms with Crippen LogP contribution in [0.5, 0.6) is 5.75 Å². The van der Waals surface area contributed by atoms with Gasteiger partial charge in [-0.2, -0.15) is 0 Å². The molecule has 1 aromatic heterocycles. The molecule has 0 fully saturated rings. The molecule has 0 bridgehead atoms. The molecule has 0 N–H and O–H groups in total. The molecule has 0 radical (unpaired) electrons. The highest BCUT2D eigenvalue weighted by Gasteiger charge is 2.10. The van der Waals surface area contributed by atoms with Crippen molar-refractivity contribution in [2.45, 2.75) is 20.0 Å². The molecule has 0 amide bonds. The third kappa shape index (κ3) is 3.21. The first-order chi connectivity index (χ1) is 8.70. The highest BCUT2D eigenvalue weighted by atomic mass is 79.9. The maximum atomic E-state index is 11.8. The van der Waals surface area contributed by atoms with Gasteiger partial charge in [0.05, 0.1) is 9.35 Å². The van der Waals surface area contributed by atoms with Gasteiger partial charge in [0.2, 0.25) is 0 Å². The minimum absolute atomic E-state index is 0.109. The van der Waals surface area contributed by atoms with Gasteiger partial charge in [0.1, 0.15) is 12.4 Å². The molecule has 18 heavy (non-hydrogen) atoms. The van der Waals surface area contributed by atoms with Crippen LogP contribution in [0.3, 0.4) is 0 Å². The van der Waals surface area contributed by atoms with Gasteiger partial charge in [-0.3, -0.25) is 4.79 Å². The smallest absolute Gasteiger partial charge is 0.166 e. The fraction of sp³-hybridized carbons (Fsp3) is 0.214. The largest absolute Gasteiger partial charge is 0.487 e. The Morgan fingerprint density at radius 3 is 2.72 bits per heavy atom. The van der Waals surface area contributed by atoms with Crippen LogP contribution in [0.1, 0.15) is 28.6 Å². The molecule has 94 valence electrons. The number of Topliss-reactive ketones (excluding diaryl/α,β-unsaturated/α-hetero) is 1. The fourth-order valence-electron chi connectivity index (χ4n) is 1.59. The van der Waals surface area contributed by atoms with E-state index in [1.807, 2.05) is 43.3 Å². The van der Waals surface area contributed by atoms with Crippen molar-refractivity contribution < 1.29 is 9.53 Å². The fourth-order valence-corrected chi connectivity index (χ4v) is 2.99. The summed E-state index contributed by atoms with van der Waals surface area (Å²) in [6.07, 6.45) is 0.491. The van der Waals surface area contributed by atoms with E-state index in [-0.39, 0.29) is 5.78 Å². The number of hydrogen-bond donors (Lipinski definition) is 0. The minimum atomic E-state index is 0.109. The molecule has 0 atom stereocenters. The van der Waals surface area contributed by atoms with E-state index in [9.17, 15) is 4.79 Å². The van der Waals surface area contributed by atoms with E-state index in [4.69, 9.17) is 4.74 Å². The topological polar surface area (TPSA) is 26.3 Å². The Bertz CT molecular complexity index is 548. The predicted octanol–water partition coefficient (Wildman–Crippen LogP) is 4.68. The van der Waals surface area contributed by atoms with Crippen LogP contribution in [0.4, 0.5) is 0 Å². The van der Waals surface area contributed by atoms with Crippen LogP contribution in [0.25, 0.3) is 0 Å². The zero-order valence-corrected chi connectivity index (χ0v) is 12.4. The molecule has 0 unspecified atom stereocenters. The first-order valence-corrected chi connectivity index (χ1v) is 7.31. The van der Waals surface area contributed by atoms with Gasteiger partial charge in [0.15, 0.2) is 5.78 Å². The Morgan fingerprint density at radius 2 is 2.06 bits per heavy atom. The van der Waals surface area contributed by atoms with Gasteiger partial charge in [-0.1, -0.05) is 19.1 Å². The summed E-state index contributed by atoms with van der Waals surface area (Å²) in [4.78, 5) is 12.9. The molecule has 1 heterocycles. The normalized spacial score (nSPS) is 10.3. The van der Waals surface area contributed by atoms with Gasteiger partial charge >= 0.3 is 0 Å². The second-order valence-corrected chi connectivity index (χ2v) is 6.31. The highest BCUT2D eigenvalue weighted by Crippen LogP contribution is 2.25. The van der Waals surface area contributed by atoms with Gasteiger partial charge in [0.25, 0.3) is 0 Å². The second kappa shape index (κ2) is 6.16. The predicted molar refractivity (Wildman–Crippen MR) is 77.4 cm³/mol. The summed E-state index contributed by atoms with van der Waals surface area (Å²) < 4.78 is 6.81. The molecular weight excluding hydrogens is 312 g/mol. The summed E-state index contributed by atoms with van der Waals surface area (Å²) in [6.45, 7) is 2.35. The Hall–Kier alpha value is -1.13. The maximum Gasteiger partial charge on any atom is 0.166 e. The average molecular weight is 325 g/mol. The molecule has 0 aliphatic carbocycles. The van der Waals surface area contributed by atoms with Crippen LogP contribution in [0.15, 0.2) is 40.2 Å². The van der Waals surface area contributed by atoms with Crippen molar-refractivity contribution in [3.05, 3.63) is 50.6 Å². The highest BCUT2D eigenvalue weighted by molar-refractivity contribution is 9.11. The Kier molecular flexibility index (Phi) is 4.55. The molecule has 0 saturated carbocycles. The number of para-hydroxylation sites is 1. The maximum absolute atomic E-state index is 11.8. The van der Waals surface area contributed by atoms with Crippen molar-refractivity contribution in [1.82, 2.24) is 0 Å². The lowest BCUT2D eigenvalue weighted by Gasteiger charge is -2.09. The summed E-state index contributed by atoms with van der Waals surface area (Å²) in [7, 11) is 0. The van der Waals surface area contributed by atoms with Crippen molar-refractivity contribution in [2.24, 2.45) is 0 Å². The standard InChI is InChI=1S/C14H13BrO2S/c1-2-12(16)11-5-3-4-6-13(11)17-9-10-7-8-14(15)18-10/h3-8H,2,9H2,1H3. The van der Waals surface area contributed by atoms with Gasteiger partial charge in [-0.15, -0.1) is 11.3 Å². The van der Waals surface area contributed by atoms with Crippen molar-refractivity contribution >= 4 is 33.0 Å². The number of ether oxygens (including phenoxy) is 1. The summed E-state index contributed by atoms with van der Waals surface area (Å²) in [6, 6.07) is 11.4. The van der Waals surface area contributed by atoms with Gasteiger partial charge in [0, 0.05) is 11.3 Å². The zero-order chi connectivity index (χ0) is 13.0. The van der Waals surface area contributed by atoms with E-state index in [1.165, 1.54) is 0 Å². The van der Waals surface area contributed by atoms with Crippen molar-refractivity contribution in [2.75, 3.05) is 0 Å². The molecular formula is C14H13BrO2S. The van der Waals surface area contributed by atoms with E-state index in [0.717, 1.165) is 8.66 Å². The van der Waals surface area contributed by atoms with Crippen molar-refractivity contribution in [3.8, 4) is 5.75 Å². The number of carbonyl (C=O) groups is 1. The molecule has 0 aliphatic rings. The number of carbonyl (C=O) groups excluding carboxylic acids is 1. The van der Waals surface area contributed by atoms with E-state index in [2.05, 4.69) is 15.9 Å². The first kappa shape index (κ1) is 13.3. The number of benzene rings is 1. The lowest BCUT2D eigenvalue weighted by atomic mass is 10.1. The average Bonchev–Trinajstić information content (AvgIpc) is 2.81. The zero-order valence-electron chi connectivity index (χ0n) is 9.98. The molecule has 2 rings (SSSR count). The van der Waals surface area contributed by atoms with Crippen LogP contribution < -0.4 is 4.74 Å². The molecule has 4 heteroatoms. The Labute approximate surface area is 119 Å². The number of thiophene rings is 1. The summed E-state index contributed by atoms with van der Waals surface area (Å²) in [5, 5.41) is 0. The van der Waals surface area contributed by atoms with Crippen molar-refractivity contribution in [1.29, 1.82) is 0 Å². The van der Waals surface area contributed by atoms with Crippen molar-refractivity contribution in [3.63, 3.8) is 0 Å². The second-order valence-electron chi connectivity index (χ2n) is 3.77. The SMILES string of the molecule is CCC(=O)c1ccccc1OCc1ccc(Br)s1. The van der Waals surface area contributed by atoms with Gasteiger partial charge in [-0.25, -0.2) is 0 Å². The van der Waals surface area contributed by atoms with Crippen LogP contribution >= 0.6 is 27.3 Å². The minimum Gasteiger partial charge on any atom is -0.487 e. The molecule has 0 spiro atoms. The van der Waals surface area contributed by atoms with E-state index in [0.29, 0.717) is 24.3 Å². The lowest BCUT2D eigenvalue weighted by Crippen LogP contribution is -2.02. The first-order valence-electron chi connectivity index (χ1n) is 5.70. The van der Waals surface area contributed by atoms with Gasteiger partial charge in [-0.05, 0) is 40.2 Å². The number of hydrogen-bond acceptors (Lipinski definition) is 3. The molecule has 1 aromatic carbocycles. The number of rotatable bonds is 5. The third-order valence-electron chi connectivity index (χ3n) is 2.51. The van der Waals surface area contributed by atoms with Gasteiger partial charge < -0.3 is 4.74 Å². The van der Waals surface area contributed by atoms with Crippen LogP contribution in [-0.2, 0) is 6.61 Å². The lowest BCUT2D eigenvalue weighted by molar-refractivity contribution is 0.0984. The Balaban J connectivity index is 2.11. The van der Waals surface area contributed by atoms with E-state index >= 15 is 0 Å². The van der Waals surface area contributed by atoms with Crippen LogP contribution in [-0.4, -0.2) is 5.78 Å². The van der Waals surface area contributed by atoms with E-state index < -0.39 is 0 Å². The monoisotopic (exact) mass is 324 g/mol. The quantitative estimate of drug-likeness (QED) is 0.746. The molecule has 0 saturated heterocycles. The summed E-state index contributed by atoms with van der Waals surface area (Å²) in [5.41, 5.74) is 0.663. The third-order valence-corrected chi connectivity index (χ3v) is 4.10. The van der Waals surface area contributed by atoms with E-state index in [1.54, 1.807) is 11.3 Å². The molecule has 0 aliphatic heterocycles. The Morgan fingerprint density at radius 1 is 1.28 bits per heavy atom. The number of halogens is 1. The molecule has 2 nitrogen and oxygen atoms in total. The number of ketones is 1. The van der Waals surface area contributed by atoms with Crippen LogP contribution in [0.2, 0.25) is 0 Å². The summed E-state index contributed by atoms with van der Waals surface area (Å²) >= 11 is 5.05. The van der Waals surface area contributed by atoms with Crippen LogP contribution in [0, 0.1) is 0 Å².